The van der Waals surface area contributed by atoms with E-state index in [0.717, 1.165) is 53.3 Å². The van der Waals surface area contributed by atoms with Gasteiger partial charge in [0.05, 0.1) is 13.0 Å². The van der Waals surface area contributed by atoms with Gasteiger partial charge in [0.1, 0.15) is 5.75 Å². The number of ether oxygens (including phenoxy) is 1. The lowest BCUT2D eigenvalue weighted by atomic mass is 9.93. The predicted molar refractivity (Wildman–Crippen MR) is 138 cm³/mol. The summed E-state index contributed by atoms with van der Waals surface area (Å²) >= 11 is 0. The van der Waals surface area contributed by atoms with E-state index in [1.54, 1.807) is 7.11 Å². The number of hydrogen-bond acceptors (Lipinski definition) is 4. The van der Waals surface area contributed by atoms with Gasteiger partial charge in [0, 0.05) is 17.9 Å². The number of hydrogen-bond donors (Lipinski definition) is 3. The van der Waals surface area contributed by atoms with Crippen molar-refractivity contribution in [2.24, 2.45) is 5.92 Å². The molecule has 0 aromatic heterocycles. The number of amides is 1. The average molecular weight is 446 g/mol. The number of nitrogens with one attached hydrogen (secondary N) is 3. The molecule has 0 saturated carbocycles. The Balaban J connectivity index is 1.55. The zero-order valence-corrected chi connectivity index (χ0v) is 19.9. The Morgan fingerprint density at radius 1 is 1.09 bits per heavy atom. The summed E-state index contributed by atoms with van der Waals surface area (Å²) in [5.74, 6) is 0.854. The number of benzene rings is 2. The predicted octanol–water partition coefficient (Wildman–Crippen LogP) is 5.24. The van der Waals surface area contributed by atoms with Crippen molar-refractivity contribution in [1.29, 1.82) is 0 Å². The molecule has 3 N–H and O–H groups in total. The summed E-state index contributed by atoms with van der Waals surface area (Å²) in [5.41, 5.74) is 5.41. The molecular formula is C28H35N3O2. The Morgan fingerprint density at radius 2 is 1.88 bits per heavy atom. The first kappa shape index (κ1) is 24.3. The molecule has 1 aliphatic carbocycles. The van der Waals surface area contributed by atoms with Gasteiger partial charge in [-0.25, -0.2) is 0 Å². The quantitative estimate of drug-likeness (QED) is 0.327. The lowest BCUT2D eigenvalue weighted by Crippen LogP contribution is -2.32. The Hall–Kier alpha value is -3.31. The average Bonchev–Trinajstić information content (AvgIpc) is 2.84. The summed E-state index contributed by atoms with van der Waals surface area (Å²) in [6, 6.07) is 16.3. The Kier molecular flexibility index (Phi) is 9.33. The van der Waals surface area contributed by atoms with Crippen LogP contribution in [0.3, 0.4) is 0 Å². The van der Waals surface area contributed by atoms with E-state index in [1.165, 1.54) is 0 Å². The van der Waals surface area contributed by atoms with Gasteiger partial charge >= 0.3 is 0 Å². The van der Waals surface area contributed by atoms with Crippen LogP contribution in [-0.2, 0) is 4.79 Å². The summed E-state index contributed by atoms with van der Waals surface area (Å²) in [4.78, 5) is 12.5. The number of rotatable bonds is 11. The van der Waals surface area contributed by atoms with Crippen LogP contribution in [0.15, 0.2) is 72.0 Å². The molecule has 1 unspecified atom stereocenters. The number of anilines is 1. The van der Waals surface area contributed by atoms with E-state index in [0.29, 0.717) is 13.0 Å². The van der Waals surface area contributed by atoms with Gasteiger partial charge in [0.15, 0.2) is 0 Å². The van der Waals surface area contributed by atoms with Crippen molar-refractivity contribution < 1.29 is 9.53 Å². The van der Waals surface area contributed by atoms with E-state index in [1.807, 2.05) is 30.3 Å². The summed E-state index contributed by atoms with van der Waals surface area (Å²) in [5, 5.41) is 9.83. The van der Waals surface area contributed by atoms with Crippen molar-refractivity contribution in [1.82, 2.24) is 10.6 Å². The van der Waals surface area contributed by atoms with Crippen molar-refractivity contribution >= 4 is 23.7 Å². The van der Waals surface area contributed by atoms with Crippen molar-refractivity contribution in [3.05, 3.63) is 83.1 Å². The molecule has 5 heteroatoms. The smallest absolute Gasteiger partial charge is 0.227 e. The first-order valence-electron chi connectivity index (χ1n) is 11.7. The minimum atomic E-state index is -0.103. The zero-order valence-electron chi connectivity index (χ0n) is 19.9. The molecule has 0 fully saturated rings. The topological polar surface area (TPSA) is 62.4 Å². The first-order chi connectivity index (χ1) is 16.1. The highest BCUT2D eigenvalue weighted by molar-refractivity contribution is 5.81. The molecule has 0 radical (unpaired) electrons. The molecule has 3 rings (SSSR count). The normalized spacial score (nSPS) is 15.7. The van der Waals surface area contributed by atoms with Gasteiger partial charge in [-0.1, -0.05) is 55.5 Å². The van der Waals surface area contributed by atoms with E-state index in [-0.39, 0.29) is 11.8 Å². The minimum absolute atomic E-state index is 0.103. The third-order valence-corrected chi connectivity index (χ3v) is 5.62. The maximum atomic E-state index is 12.5. The molecule has 0 spiro atoms. The van der Waals surface area contributed by atoms with Crippen LogP contribution < -0.4 is 20.7 Å². The van der Waals surface area contributed by atoms with Crippen molar-refractivity contribution in [2.75, 3.05) is 32.1 Å². The number of allylic oxidation sites excluding steroid dienone is 2. The van der Waals surface area contributed by atoms with Crippen LogP contribution in [0.2, 0.25) is 0 Å². The third-order valence-electron chi connectivity index (χ3n) is 5.62. The van der Waals surface area contributed by atoms with Crippen LogP contribution in [0.25, 0.3) is 12.2 Å². The van der Waals surface area contributed by atoms with Gasteiger partial charge < -0.3 is 20.7 Å². The van der Waals surface area contributed by atoms with Crippen LogP contribution in [0.4, 0.5) is 5.69 Å². The van der Waals surface area contributed by atoms with Gasteiger partial charge in [-0.2, -0.15) is 0 Å². The maximum absolute atomic E-state index is 12.5. The molecule has 0 saturated heterocycles. The standard InChI is InChI=1S/C28H35N3O2/c1-4-29-17-6-18-30-28(32)24-13-16-27(21(2)19-24)31-25-8-5-7-23(20-25)10-9-22-11-14-26(33-3)15-12-22/h5,7-12,14-16,19-20,24,29,31H,4,6,13,17-18H2,1-3H3,(H,30,32)/b10-9+. The van der Waals surface area contributed by atoms with Crippen LogP contribution in [-0.4, -0.2) is 32.7 Å². The zero-order chi connectivity index (χ0) is 23.5. The van der Waals surface area contributed by atoms with Crippen molar-refractivity contribution in [3.8, 4) is 5.75 Å². The van der Waals surface area contributed by atoms with E-state index >= 15 is 0 Å². The highest BCUT2D eigenvalue weighted by atomic mass is 16.5. The van der Waals surface area contributed by atoms with Crippen LogP contribution in [0, 0.1) is 5.92 Å². The van der Waals surface area contributed by atoms with Crippen LogP contribution >= 0.6 is 0 Å². The van der Waals surface area contributed by atoms with E-state index in [4.69, 9.17) is 4.74 Å². The number of carbonyl (C=O) groups excluding carboxylic acids is 1. The molecule has 1 atom stereocenters. The van der Waals surface area contributed by atoms with E-state index in [9.17, 15) is 4.79 Å². The molecule has 33 heavy (non-hydrogen) atoms. The second kappa shape index (κ2) is 12.7. The van der Waals surface area contributed by atoms with Crippen molar-refractivity contribution in [2.45, 2.75) is 26.7 Å². The third kappa shape index (κ3) is 7.65. The molecule has 0 bridgehead atoms. The van der Waals surface area contributed by atoms with E-state index < -0.39 is 0 Å². The molecule has 1 amide bonds. The van der Waals surface area contributed by atoms with Gasteiger partial charge in [-0.05, 0) is 73.8 Å². The number of methoxy groups -OCH3 is 1. The molecule has 2 aromatic rings. The summed E-state index contributed by atoms with van der Waals surface area (Å²) in [7, 11) is 1.67. The molecule has 1 aliphatic rings. The SMILES string of the molecule is CCNCCCNC(=O)C1C=C(C)C(Nc2cccc(/C=C/c3ccc(OC)cc3)c2)=CC1. The first-order valence-corrected chi connectivity index (χ1v) is 11.7. The summed E-state index contributed by atoms with van der Waals surface area (Å²) in [6.45, 7) is 6.74. The highest BCUT2D eigenvalue weighted by Crippen LogP contribution is 2.25. The van der Waals surface area contributed by atoms with Crippen LogP contribution in [0.1, 0.15) is 37.8 Å². The fraction of sp³-hybridized carbons (Fsp3) is 0.321. The Bertz CT molecular complexity index is 1010. The minimum Gasteiger partial charge on any atom is -0.497 e. The lowest BCUT2D eigenvalue weighted by molar-refractivity contribution is -0.123. The number of carbonyl (C=O) groups is 1. The largest absolute Gasteiger partial charge is 0.497 e. The highest BCUT2D eigenvalue weighted by Gasteiger charge is 2.19. The van der Waals surface area contributed by atoms with Gasteiger partial charge in [0.25, 0.3) is 0 Å². The van der Waals surface area contributed by atoms with Gasteiger partial charge in [-0.15, -0.1) is 0 Å². The second-order valence-electron chi connectivity index (χ2n) is 8.16. The van der Waals surface area contributed by atoms with Crippen molar-refractivity contribution in [3.63, 3.8) is 0 Å². The van der Waals surface area contributed by atoms with Gasteiger partial charge in [-0.3, -0.25) is 4.79 Å². The fourth-order valence-corrected chi connectivity index (χ4v) is 3.71. The summed E-state index contributed by atoms with van der Waals surface area (Å²) < 4.78 is 5.21. The lowest BCUT2D eigenvalue weighted by Gasteiger charge is -2.21. The molecule has 5 nitrogen and oxygen atoms in total. The fourth-order valence-electron chi connectivity index (χ4n) is 3.71. The monoisotopic (exact) mass is 445 g/mol. The Morgan fingerprint density at radius 3 is 2.61 bits per heavy atom. The van der Waals surface area contributed by atoms with Crippen LogP contribution in [0.5, 0.6) is 5.75 Å². The Labute approximate surface area is 197 Å². The molecule has 0 aliphatic heterocycles. The second-order valence-corrected chi connectivity index (χ2v) is 8.16. The summed E-state index contributed by atoms with van der Waals surface area (Å²) in [6.07, 6.45) is 10.0. The van der Waals surface area contributed by atoms with Gasteiger partial charge in [0.2, 0.25) is 5.91 Å². The molecule has 0 heterocycles. The maximum Gasteiger partial charge on any atom is 0.227 e. The van der Waals surface area contributed by atoms with E-state index in [2.05, 4.69) is 72.3 Å². The molecular weight excluding hydrogens is 410 g/mol. The molecule has 2 aromatic carbocycles. The molecule has 174 valence electrons.